The summed E-state index contributed by atoms with van der Waals surface area (Å²) in [5.74, 6) is 0. The first-order valence-electron chi connectivity index (χ1n) is 2.00. The second kappa shape index (κ2) is 0.535. The summed E-state index contributed by atoms with van der Waals surface area (Å²) in [4.78, 5) is 0. The Morgan fingerprint density at radius 3 is 2.83 bits per heavy atom. The Labute approximate surface area is 35.9 Å². The van der Waals surface area contributed by atoms with Crippen molar-refractivity contribution in [2.75, 3.05) is 0 Å². The van der Waals surface area contributed by atoms with Crippen molar-refractivity contribution in [3.05, 3.63) is 24.0 Å². The van der Waals surface area contributed by atoms with Crippen LogP contribution in [0.25, 0.3) is 0 Å². The lowest BCUT2D eigenvalue weighted by atomic mass is 10.5. The maximum absolute atomic E-state index is 4.95. The summed E-state index contributed by atoms with van der Waals surface area (Å²) in [5, 5.41) is 0. The lowest BCUT2D eigenvalue weighted by molar-refractivity contribution is 0.265. The predicted molar refractivity (Wildman–Crippen MR) is 22.1 cm³/mol. The summed E-state index contributed by atoms with van der Waals surface area (Å²) >= 11 is 0. The van der Waals surface area contributed by atoms with E-state index < -0.39 is 0 Å². The van der Waals surface area contributed by atoms with Crippen molar-refractivity contribution in [3.8, 4) is 0 Å². The van der Waals surface area contributed by atoms with Gasteiger partial charge in [-0.2, -0.15) is 0 Å². The van der Waals surface area contributed by atoms with Crippen LogP contribution in [0.1, 0.15) is 0 Å². The molecule has 0 aromatic heterocycles. The standard InChI is InChI=1S/C5H4O/c1-2-6-5-3-4(1)5/h1-3,5H. The largest absolute Gasteiger partial charge is 0.489 e. The van der Waals surface area contributed by atoms with E-state index in [0.717, 1.165) is 0 Å². The molecule has 0 bridgehead atoms. The van der Waals surface area contributed by atoms with Crippen LogP contribution in [-0.2, 0) is 4.74 Å². The minimum absolute atomic E-state index is 0.394. The van der Waals surface area contributed by atoms with Gasteiger partial charge in [-0.05, 0) is 17.7 Å². The number of hydrogen-bond donors (Lipinski definition) is 0. The minimum atomic E-state index is 0.394. The first-order chi connectivity index (χ1) is 2.97. The molecule has 1 atom stereocenters. The Bertz CT molecular complexity index is 133. The Morgan fingerprint density at radius 1 is 1.67 bits per heavy atom. The fraction of sp³-hybridized carbons (Fsp3) is 0.200. The topological polar surface area (TPSA) is 9.23 Å². The van der Waals surface area contributed by atoms with Crippen molar-refractivity contribution in [2.24, 2.45) is 0 Å². The van der Waals surface area contributed by atoms with Crippen LogP contribution in [0, 0.1) is 0 Å². The van der Waals surface area contributed by atoms with Gasteiger partial charge >= 0.3 is 0 Å². The first kappa shape index (κ1) is 2.45. The Hall–Kier alpha value is -0.720. The van der Waals surface area contributed by atoms with Crippen molar-refractivity contribution >= 4 is 0 Å². The van der Waals surface area contributed by atoms with Gasteiger partial charge < -0.3 is 4.74 Å². The summed E-state index contributed by atoms with van der Waals surface area (Å²) in [6, 6.07) is 0. The van der Waals surface area contributed by atoms with Gasteiger partial charge in [0, 0.05) is 0 Å². The van der Waals surface area contributed by atoms with E-state index in [1.54, 1.807) is 6.26 Å². The molecule has 1 unspecified atom stereocenters. The zero-order valence-corrected chi connectivity index (χ0v) is 3.22. The SMILES string of the molecule is C1=CC2=CC2O1. The van der Waals surface area contributed by atoms with E-state index in [1.165, 1.54) is 5.57 Å². The van der Waals surface area contributed by atoms with Crippen LogP contribution in [0.15, 0.2) is 24.0 Å². The number of ether oxygens (including phenoxy) is 1. The highest BCUT2D eigenvalue weighted by Gasteiger charge is 2.26. The quantitative estimate of drug-likeness (QED) is 0.419. The van der Waals surface area contributed by atoms with Crippen molar-refractivity contribution in [3.63, 3.8) is 0 Å². The van der Waals surface area contributed by atoms with Gasteiger partial charge in [0.05, 0.1) is 6.26 Å². The maximum atomic E-state index is 4.95. The average molecular weight is 80.1 g/mol. The third-order valence-corrected chi connectivity index (χ3v) is 1.05. The normalized spacial score (nSPS) is 34.7. The summed E-state index contributed by atoms with van der Waals surface area (Å²) in [6.45, 7) is 0. The van der Waals surface area contributed by atoms with E-state index in [4.69, 9.17) is 4.74 Å². The van der Waals surface area contributed by atoms with Crippen molar-refractivity contribution in [1.29, 1.82) is 0 Å². The summed E-state index contributed by atoms with van der Waals surface area (Å²) in [6.07, 6.45) is 6.20. The third-order valence-electron chi connectivity index (χ3n) is 1.05. The van der Waals surface area contributed by atoms with E-state index in [1.807, 2.05) is 6.08 Å². The zero-order chi connectivity index (χ0) is 3.98. The summed E-state index contributed by atoms with van der Waals surface area (Å²) in [5.41, 5.74) is 1.34. The average Bonchev–Trinajstić information content (AvgIpc) is 2.17. The fourth-order valence-electron chi connectivity index (χ4n) is 0.597. The molecule has 30 valence electrons. The number of hydrogen-bond acceptors (Lipinski definition) is 1. The molecular weight excluding hydrogens is 76.1 g/mol. The Kier molecular flexibility index (Phi) is 0.219. The molecule has 1 aliphatic heterocycles. The molecule has 1 aliphatic carbocycles. The van der Waals surface area contributed by atoms with Crippen LogP contribution in [0.4, 0.5) is 0 Å². The van der Waals surface area contributed by atoms with Crippen LogP contribution < -0.4 is 0 Å². The van der Waals surface area contributed by atoms with Gasteiger partial charge in [0.15, 0.2) is 0 Å². The van der Waals surface area contributed by atoms with E-state index in [-0.39, 0.29) is 0 Å². The maximum Gasteiger partial charge on any atom is 0.142 e. The highest BCUT2D eigenvalue weighted by atomic mass is 16.5. The molecular formula is C5H4O. The Morgan fingerprint density at radius 2 is 2.67 bits per heavy atom. The molecule has 0 N–H and O–H groups in total. The number of rotatable bonds is 0. The summed E-state index contributed by atoms with van der Waals surface area (Å²) < 4.78 is 4.95. The fourth-order valence-corrected chi connectivity index (χ4v) is 0.597. The van der Waals surface area contributed by atoms with Gasteiger partial charge in [-0.15, -0.1) is 0 Å². The van der Waals surface area contributed by atoms with Crippen LogP contribution in [-0.4, -0.2) is 6.10 Å². The molecule has 0 aromatic rings. The lowest BCUT2D eigenvalue weighted by Crippen LogP contribution is -1.79. The molecule has 0 fully saturated rings. The van der Waals surface area contributed by atoms with E-state index in [0.29, 0.717) is 6.10 Å². The van der Waals surface area contributed by atoms with Crippen molar-refractivity contribution in [2.45, 2.75) is 6.10 Å². The van der Waals surface area contributed by atoms with Gasteiger partial charge in [-0.1, -0.05) is 0 Å². The minimum Gasteiger partial charge on any atom is -0.489 e. The van der Waals surface area contributed by atoms with E-state index >= 15 is 0 Å². The smallest absolute Gasteiger partial charge is 0.142 e. The lowest BCUT2D eigenvalue weighted by Gasteiger charge is -1.84. The zero-order valence-electron chi connectivity index (χ0n) is 3.22. The molecule has 0 amide bonds. The van der Waals surface area contributed by atoms with Crippen LogP contribution >= 0.6 is 0 Å². The van der Waals surface area contributed by atoms with Gasteiger partial charge in [0.1, 0.15) is 6.10 Å². The summed E-state index contributed by atoms with van der Waals surface area (Å²) in [7, 11) is 0. The van der Waals surface area contributed by atoms with Crippen molar-refractivity contribution in [1.82, 2.24) is 0 Å². The molecule has 1 heteroatoms. The van der Waals surface area contributed by atoms with Crippen molar-refractivity contribution < 1.29 is 4.74 Å². The van der Waals surface area contributed by atoms with Crippen LogP contribution in [0.2, 0.25) is 0 Å². The molecule has 6 heavy (non-hydrogen) atoms. The predicted octanol–water partition coefficient (Wildman–Crippen LogP) is 0.839. The molecule has 2 rings (SSSR count). The van der Waals surface area contributed by atoms with Crippen LogP contribution in [0.3, 0.4) is 0 Å². The van der Waals surface area contributed by atoms with Crippen LogP contribution in [0.5, 0.6) is 0 Å². The monoisotopic (exact) mass is 80.0 g/mol. The second-order valence-corrected chi connectivity index (χ2v) is 1.53. The first-order valence-corrected chi connectivity index (χ1v) is 2.00. The van der Waals surface area contributed by atoms with Gasteiger partial charge in [0.25, 0.3) is 0 Å². The van der Waals surface area contributed by atoms with Gasteiger partial charge in [-0.25, -0.2) is 0 Å². The molecule has 0 radical (unpaired) electrons. The molecule has 0 aromatic carbocycles. The number of fused-ring (bicyclic) bond motifs is 1. The van der Waals surface area contributed by atoms with E-state index in [2.05, 4.69) is 6.08 Å². The Balaban J connectivity index is 2.42. The second-order valence-electron chi connectivity index (χ2n) is 1.53. The highest BCUT2D eigenvalue weighted by molar-refractivity contribution is 5.44. The molecule has 0 saturated heterocycles. The highest BCUT2D eigenvalue weighted by Crippen LogP contribution is 2.30. The molecule has 2 aliphatic rings. The van der Waals surface area contributed by atoms with Gasteiger partial charge in [0.2, 0.25) is 0 Å². The third kappa shape index (κ3) is 0.134. The van der Waals surface area contributed by atoms with Gasteiger partial charge in [-0.3, -0.25) is 0 Å². The molecule has 1 nitrogen and oxygen atoms in total. The van der Waals surface area contributed by atoms with E-state index in [9.17, 15) is 0 Å². The molecule has 0 saturated carbocycles. The molecule has 0 spiro atoms. The molecule has 1 heterocycles.